The maximum absolute atomic E-state index is 11.6. The number of esters is 1. The molecule has 0 saturated carbocycles. The van der Waals surface area contributed by atoms with E-state index in [1.165, 1.54) is 24.0 Å². The molecule has 7 heteroatoms. The third-order valence-electron chi connectivity index (χ3n) is 4.37. The molecule has 1 aliphatic rings. The quantitative estimate of drug-likeness (QED) is 0.571. The summed E-state index contributed by atoms with van der Waals surface area (Å²) < 4.78 is 11.7. The van der Waals surface area contributed by atoms with Crippen molar-refractivity contribution in [2.24, 2.45) is 5.92 Å². The van der Waals surface area contributed by atoms with E-state index < -0.39 is 0 Å². The predicted molar refractivity (Wildman–Crippen MR) is 94.2 cm³/mol. The van der Waals surface area contributed by atoms with Gasteiger partial charge < -0.3 is 0 Å². The van der Waals surface area contributed by atoms with Crippen molar-refractivity contribution in [1.29, 1.82) is 0 Å². The molecule has 0 aromatic carbocycles. The Labute approximate surface area is 150 Å². The van der Waals surface area contributed by atoms with E-state index in [1.807, 2.05) is 13.1 Å². The van der Waals surface area contributed by atoms with Crippen molar-refractivity contribution < 1.29 is 13.9 Å². The number of aryl methyl sites for hydroxylation is 1. The summed E-state index contributed by atoms with van der Waals surface area (Å²) in [6, 6.07) is 2.08. The molecule has 0 aliphatic carbocycles. The third-order valence-corrected chi connectivity index (χ3v) is 5.26. The minimum atomic E-state index is -0.102. The normalized spacial score (nSPS) is 15.5. The van der Waals surface area contributed by atoms with E-state index in [1.54, 1.807) is 6.20 Å². The van der Waals surface area contributed by atoms with E-state index in [0.717, 1.165) is 53.8 Å². The van der Waals surface area contributed by atoms with Crippen molar-refractivity contribution in [3.05, 3.63) is 24.2 Å². The number of aromatic nitrogens is 2. The number of methoxy groups -OCH3 is 1. The Kier molecular flexibility index (Phi) is 5.24. The summed E-state index contributed by atoms with van der Waals surface area (Å²) in [6.07, 6.45) is 6.03. The Hall–Kier alpha value is -1.81. The van der Waals surface area contributed by atoms with Crippen molar-refractivity contribution >= 4 is 33.0 Å². The molecule has 6 nitrogen and oxygen atoms in total. The molecule has 2 aromatic heterocycles. The summed E-state index contributed by atoms with van der Waals surface area (Å²) in [7, 11) is 1.45. The molecule has 3 rings (SSSR count). The second-order valence-electron chi connectivity index (χ2n) is 5.91. The molecule has 1 aliphatic heterocycles. The Morgan fingerprint density at radius 1 is 1.38 bits per heavy atom. The summed E-state index contributed by atoms with van der Waals surface area (Å²) in [5.41, 5.74) is 0.905. The van der Waals surface area contributed by atoms with Crippen LogP contribution in [-0.4, -0.2) is 53.0 Å². The van der Waals surface area contributed by atoms with Gasteiger partial charge >= 0.3 is 150 Å². The SMILES string of the molecule is CCc1cnc(-c2cnc(N3CCC(C(=O)OC)CC3)c([AsH2])c2)o1. The van der Waals surface area contributed by atoms with E-state index in [0.29, 0.717) is 5.89 Å². The van der Waals surface area contributed by atoms with Crippen LogP contribution in [-0.2, 0) is 16.0 Å². The second-order valence-corrected chi connectivity index (χ2v) is 7.21. The van der Waals surface area contributed by atoms with Crippen LogP contribution in [0.5, 0.6) is 0 Å². The number of carbonyl (C=O) groups is 1. The number of ether oxygens (including phenoxy) is 1. The van der Waals surface area contributed by atoms with Gasteiger partial charge in [0.15, 0.2) is 0 Å². The van der Waals surface area contributed by atoms with Gasteiger partial charge in [0.1, 0.15) is 0 Å². The maximum atomic E-state index is 11.6. The second kappa shape index (κ2) is 7.39. The molecule has 0 spiro atoms. The van der Waals surface area contributed by atoms with Crippen LogP contribution >= 0.6 is 0 Å². The number of oxazole rings is 1. The van der Waals surface area contributed by atoms with Gasteiger partial charge in [-0.15, -0.1) is 0 Å². The topological polar surface area (TPSA) is 68.5 Å². The van der Waals surface area contributed by atoms with E-state index in [9.17, 15) is 4.79 Å². The first-order valence-corrected chi connectivity index (χ1v) is 9.36. The monoisotopic (exact) mass is 391 g/mol. The molecular formula is C17H22AsN3O3. The number of nitrogens with zero attached hydrogens (tertiary/aromatic N) is 3. The van der Waals surface area contributed by atoms with Crippen molar-refractivity contribution in [2.75, 3.05) is 25.1 Å². The summed E-state index contributed by atoms with van der Waals surface area (Å²) >= 11 is 1.53. The molecule has 0 radical (unpaired) electrons. The Morgan fingerprint density at radius 3 is 2.71 bits per heavy atom. The molecule has 1 atom stereocenters. The van der Waals surface area contributed by atoms with Gasteiger partial charge in [-0.25, -0.2) is 0 Å². The predicted octanol–water partition coefficient (Wildman–Crippen LogP) is 0.947. The zero-order valence-electron chi connectivity index (χ0n) is 14.0. The number of carbonyl (C=O) groups excluding carboxylic acids is 1. The molecule has 0 N–H and O–H groups in total. The summed E-state index contributed by atoms with van der Waals surface area (Å²) in [6.45, 7) is 3.68. The third kappa shape index (κ3) is 3.48. The summed E-state index contributed by atoms with van der Waals surface area (Å²) in [4.78, 5) is 22.8. The van der Waals surface area contributed by atoms with Crippen molar-refractivity contribution in [1.82, 2.24) is 9.97 Å². The van der Waals surface area contributed by atoms with Gasteiger partial charge in [0.2, 0.25) is 0 Å². The molecule has 1 unspecified atom stereocenters. The first-order valence-electron chi connectivity index (χ1n) is 8.15. The molecule has 1 saturated heterocycles. The number of hydrogen-bond acceptors (Lipinski definition) is 6. The minimum absolute atomic E-state index is 0.0103. The fraction of sp³-hybridized carbons (Fsp3) is 0.471. The van der Waals surface area contributed by atoms with Gasteiger partial charge in [0.25, 0.3) is 0 Å². The fourth-order valence-corrected chi connectivity index (χ4v) is 3.87. The van der Waals surface area contributed by atoms with Gasteiger partial charge in [0, 0.05) is 0 Å². The van der Waals surface area contributed by atoms with Crippen molar-refractivity contribution in [3.63, 3.8) is 0 Å². The van der Waals surface area contributed by atoms with Gasteiger partial charge in [-0.2, -0.15) is 0 Å². The van der Waals surface area contributed by atoms with Crippen LogP contribution in [0.2, 0.25) is 0 Å². The number of piperidine rings is 1. The summed E-state index contributed by atoms with van der Waals surface area (Å²) in [5, 5.41) is 0. The van der Waals surface area contributed by atoms with Crippen LogP contribution in [0, 0.1) is 5.92 Å². The Morgan fingerprint density at radius 2 is 2.12 bits per heavy atom. The zero-order chi connectivity index (χ0) is 17.1. The molecule has 0 bridgehead atoms. The molecule has 2 aromatic rings. The fourth-order valence-electron chi connectivity index (χ4n) is 2.95. The van der Waals surface area contributed by atoms with E-state index in [4.69, 9.17) is 9.15 Å². The molecule has 128 valence electrons. The molecule has 3 heterocycles. The van der Waals surface area contributed by atoms with E-state index in [2.05, 4.69) is 20.9 Å². The zero-order valence-corrected chi connectivity index (χ0v) is 16.4. The average Bonchev–Trinajstić information content (AvgIpc) is 3.10. The molecule has 24 heavy (non-hydrogen) atoms. The standard InChI is InChI=1S/C17H22AsN3O3/c1-3-13-10-20-16(24-13)12-8-14(18)15(19-9-12)21-6-4-11(5-7-21)17(22)23-2/h8-11H,3-7,18H2,1-2H3. The van der Waals surface area contributed by atoms with E-state index >= 15 is 0 Å². The first-order chi connectivity index (χ1) is 11.6. The first kappa shape index (κ1) is 17.0. The molecule has 0 amide bonds. The van der Waals surface area contributed by atoms with Crippen LogP contribution in [0.1, 0.15) is 25.5 Å². The van der Waals surface area contributed by atoms with Crippen LogP contribution in [0.25, 0.3) is 11.5 Å². The van der Waals surface area contributed by atoms with E-state index in [-0.39, 0.29) is 11.9 Å². The van der Waals surface area contributed by atoms with Crippen LogP contribution in [0.4, 0.5) is 5.82 Å². The van der Waals surface area contributed by atoms with Gasteiger partial charge in [-0.3, -0.25) is 0 Å². The number of anilines is 1. The average molecular weight is 391 g/mol. The Balaban J connectivity index is 1.73. The van der Waals surface area contributed by atoms with Gasteiger partial charge in [-0.05, 0) is 0 Å². The summed E-state index contributed by atoms with van der Waals surface area (Å²) in [5.74, 6) is 2.39. The van der Waals surface area contributed by atoms with Gasteiger partial charge in [0.05, 0.1) is 0 Å². The molecule has 1 fully saturated rings. The van der Waals surface area contributed by atoms with Crippen molar-refractivity contribution in [2.45, 2.75) is 26.2 Å². The van der Waals surface area contributed by atoms with Crippen LogP contribution in [0.3, 0.4) is 0 Å². The number of pyridine rings is 1. The van der Waals surface area contributed by atoms with Crippen LogP contribution < -0.4 is 9.25 Å². The number of rotatable bonds is 4. The number of hydrogen-bond donors (Lipinski definition) is 0. The van der Waals surface area contributed by atoms with Crippen LogP contribution in [0.15, 0.2) is 22.9 Å². The van der Waals surface area contributed by atoms with Crippen molar-refractivity contribution in [3.8, 4) is 11.5 Å². The Bertz CT molecular complexity index is 724. The van der Waals surface area contributed by atoms with Gasteiger partial charge in [-0.1, -0.05) is 0 Å². The molecular weight excluding hydrogens is 369 g/mol.